The Morgan fingerprint density at radius 3 is 2.69 bits per heavy atom. The number of rotatable bonds is 4. The van der Waals surface area contributed by atoms with Gasteiger partial charge in [0, 0.05) is 25.2 Å². The van der Waals surface area contributed by atoms with Crippen LogP contribution in [0.25, 0.3) is 16.1 Å². The number of aromatic nitrogens is 3. The van der Waals surface area contributed by atoms with Gasteiger partial charge in [0.15, 0.2) is 0 Å². The molecule has 35 heavy (non-hydrogen) atoms. The molecule has 5 rings (SSSR count). The first-order valence-electron chi connectivity index (χ1n) is 11.3. The lowest BCUT2D eigenvalue weighted by Gasteiger charge is -2.35. The van der Waals surface area contributed by atoms with Crippen molar-refractivity contribution in [3.63, 3.8) is 0 Å². The molecular formula is C25H22ClF3N4OS. The molecule has 1 fully saturated rings. The summed E-state index contributed by atoms with van der Waals surface area (Å²) in [6.07, 6.45) is -0.246. The molecule has 4 aromatic rings. The van der Waals surface area contributed by atoms with Gasteiger partial charge in [0.2, 0.25) is 0 Å². The smallest absolute Gasteiger partial charge is 0.334 e. The lowest BCUT2D eigenvalue weighted by molar-refractivity contribution is -0.137. The van der Waals surface area contributed by atoms with Crippen LogP contribution in [-0.2, 0) is 12.6 Å². The highest BCUT2D eigenvalue weighted by Crippen LogP contribution is 2.34. The number of amides is 1. The second kappa shape index (κ2) is 9.28. The summed E-state index contributed by atoms with van der Waals surface area (Å²) in [5.41, 5.74) is 1.21. The Morgan fingerprint density at radius 1 is 1.17 bits per heavy atom. The molecule has 0 spiro atoms. The van der Waals surface area contributed by atoms with Crippen molar-refractivity contribution in [2.45, 2.75) is 44.8 Å². The van der Waals surface area contributed by atoms with Crippen LogP contribution >= 0.6 is 22.9 Å². The largest absolute Gasteiger partial charge is 0.416 e. The van der Waals surface area contributed by atoms with Gasteiger partial charge in [-0.05, 0) is 43.9 Å². The predicted octanol–water partition coefficient (Wildman–Crippen LogP) is 6.68. The van der Waals surface area contributed by atoms with Crippen molar-refractivity contribution >= 4 is 34.5 Å². The molecule has 1 aromatic carbocycles. The molecule has 10 heteroatoms. The van der Waals surface area contributed by atoms with E-state index in [0.29, 0.717) is 24.4 Å². The summed E-state index contributed by atoms with van der Waals surface area (Å²) in [4.78, 5) is 25.3. The first-order valence-corrected chi connectivity index (χ1v) is 12.5. The van der Waals surface area contributed by atoms with E-state index in [0.717, 1.165) is 46.8 Å². The number of likely N-dealkylation sites (tertiary alicyclic amines) is 1. The molecule has 1 amide bonds. The van der Waals surface area contributed by atoms with Gasteiger partial charge in [-0.15, -0.1) is 11.3 Å². The first-order chi connectivity index (χ1) is 16.7. The highest BCUT2D eigenvalue weighted by molar-refractivity contribution is 7.15. The van der Waals surface area contributed by atoms with Gasteiger partial charge in [0.25, 0.3) is 5.91 Å². The third-order valence-electron chi connectivity index (χ3n) is 6.25. The molecule has 1 atom stereocenters. The maximum Gasteiger partial charge on any atom is 0.416 e. The molecule has 1 saturated heterocycles. The zero-order valence-electron chi connectivity index (χ0n) is 18.8. The number of piperidine rings is 1. The molecule has 3 aromatic heterocycles. The molecule has 0 saturated carbocycles. The minimum absolute atomic E-state index is 0.134. The third-order valence-corrected chi connectivity index (χ3v) is 7.67. The van der Waals surface area contributed by atoms with E-state index in [4.69, 9.17) is 11.6 Å². The zero-order chi connectivity index (χ0) is 24.7. The summed E-state index contributed by atoms with van der Waals surface area (Å²) in [6.45, 7) is 2.46. The average molecular weight is 519 g/mol. The lowest BCUT2D eigenvalue weighted by atomic mass is 9.97. The number of aryl methyl sites for hydroxylation is 1. The lowest BCUT2D eigenvalue weighted by Crippen LogP contribution is -2.45. The Kier molecular flexibility index (Phi) is 6.31. The number of nitrogens with zero attached hydrogens (tertiary/aromatic N) is 4. The van der Waals surface area contributed by atoms with Crippen molar-refractivity contribution < 1.29 is 18.0 Å². The normalized spacial score (nSPS) is 16.7. The van der Waals surface area contributed by atoms with Gasteiger partial charge in [-0.1, -0.05) is 41.9 Å². The second-order valence-corrected chi connectivity index (χ2v) is 10.2. The Bertz CT molecular complexity index is 1380. The van der Waals surface area contributed by atoms with Crippen molar-refractivity contribution in [1.82, 2.24) is 19.3 Å². The molecule has 0 bridgehead atoms. The molecule has 182 valence electrons. The summed E-state index contributed by atoms with van der Waals surface area (Å²) in [5, 5.41) is 1.07. The number of fused-ring (bicyclic) bond motifs is 1. The van der Waals surface area contributed by atoms with Crippen LogP contribution in [0.5, 0.6) is 0 Å². The van der Waals surface area contributed by atoms with E-state index in [1.807, 2.05) is 42.2 Å². The number of benzene rings is 1. The van der Waals surface area contributed by atoms with E-state index in [-0.39, 0.29) is 22.7 Å². The van der Waals surface area contributed by atoms with Crippen LogP contribution in [0.15, 0.2) is 48.7 Å². The SMILES string of the molecule is Cc1nc(C(=O)N2CCCC[C@H]2Cc2nc3cc(C(F)(F)F)ccn3c2Cl)c(-c2ccccc2)s1. The number of carbonyl (C=O) groups excluding carboxylic acids is 1. The number of pyridine rings is 1. The third kappa shape index (κ3) is 4.67. The Morgan fingerprint density at radius 2 is 1.94 bits per heavy atom. The van der Waals surface area contributed by atoms with Crippen LogP contribution in [0.3, 0.4) is 0 Å². The van der Waals surface area contributed by atoms with Crippen LogP contribution in [-0.4, -0.2) is 37.8 Å². The number of halogens is 4. The summed E-state index contributed by atoms with van der Waals surface area (Å²) in [5.74, 6) is -0.142. The maximum atomic E-state index is 13.7. The van der Waals surface area contributed by atoms with Gasteiger partial charge in [0.05, 0.1) is 21.1 Å². The number of hydrogen-bond donors (Lipinski definition) is 0. The van der Waals surface area contributed by atoms with E-state index in [2.05, 4.69) is 9.97 Å². The Balaban J connectivity index is 1.45. The standard InChI is InChI=1S/C25H22ClF3N4OS/c1-15-30-21(22(35-15)16-7-3-2-4-8-16)24(34)32-11-6-5-9-18(32)14-19-23(26)33-12-10-17(25(27,28)29)13-20(33)31-19/h2-4,7-8,10,12-13,18H,5-6,9,11,14H2,1H3/t18-/m0/s1. The Labute approximate surface area is 209 Å². The number of alkyl halides is 3. The summed E-state index contributed by atoms with van der Waals surface area (Å²) >= 11 is 7.99. The number of hydrogen-bond acceptors (Lipinski definition) is 4. The van der Waals surface area contributed by atoms with Crippen LogP contribution in [0.4, 0.5) is 13.2 Å². The maximum absolute atomic E-state index is 13.7. The molecule has 1 aliphatic heterocycles. The fraction of sp³-hybridized carbons (Fsp3) is 0.320. The summed E-state index contributed by atoms with van der Waals surface area (Å²) in [7, 11) is 0. The van der Waals surface area contributed by atoms with Crippen molar-refractivity contribution in [2.24, 2.45) is 0 Å². The zero-order valence-corrected chi connectivity index (χ0v) is 20.4. The molecule has 0 aliphatic carbocycles. The van der Waals surface area contributed by atoms with Crippen LogP contribution in [0.1, 0.15) is 46.0 Å². The van der Waals surface area contributed by atoms with Gasteiger partial charge in [-0.3, -0.25) is 9.20 Å². The fourth-order valence-electron chi connectivity index (χ4n) is 4.57. The molecular weight excluding hydrogens is 497 g/mol. The van der Waals surface area contributed by atoms with Crippen molar-refractivity contribution in [3.8, 4) is 10.4 Å². The quantitative estimate of drug-likeness (QED) is 0.303. The minimum Gasteiger partial charge on any atom is -0.334 e. The van der Waals surface area contributed by atoms with Gasteiger partial charge in [0.1, 0.15) is 16.5 Å². The second-order valence-electron chi connectivity index (χ2n) is 8.62. The van der Waals surface area contributed by atoms with E-state index >= 15 is 0 Å². The number of carbonyl (C=O) groups is 1. The number of imidazole rings is 1. The number of thiazole rings is 1. The monoisotopic (exact) mass is 518 g/mol. The van der Waals surface area contributed by atoms with Crippen molar-refractivity contribution in [2.75, 3.05) is 6.54 Å². The van der Waals surface area contributed by atoms with Crippen molar-refractivity contribution in [1.29, 1.82) is 0 Å². The first kappa shape index (κ1) is 23.8. The minimum atomic E-state index is -4.46. The topological polar surface area (TPSA) is 50.5 Å². The average Bonchev–Trinajstić information content (AvgIpc) is 3.38. The van der Waals surface area contributed by atoms with E-state index < -0.39 is 11.7 Å². The van der Waals surface area contributed by atoms with Gasteiger partial charge in [-0.25, -0.2) is 9.97 Å². The van der Waals surface area contributed by atoms with Crippen LogP contribution in [0.2, 0.25) is 5.15 Å². The predicted molar refractivity (Wildman–Crippen MR) is 130 cm³/mol. The van der Waals surface area contributed by atoms with Gasteiger partial charge in [-0.2, -0.15) is 13.2 Å². The highest BCUT2D eigenvalue weighted by Gasteiger charge is 2.33. The van der Waals surface area contributed by atoms with Gasteiger partial charge < -0.3 is 4.90 Å². The fourth-order valence-corrected chi connectivity index (χ4v) is 5.74. The van der Waals surface area contributed by atoms with Crippen molar-refractivity contribution in [3.05, 3.63) is 75.8 Å². The molecule has 5 nitrogen and oxygen atoms in total. The van der Waals surface area contributed by atoms with Crippen LogP contribution in [0, 0.1) is 6.92 Å². The molecule has 0 N–H and O–H groups in total. The molecule has 0 unspecified atom stereocenters. The highest BCUT2D eigenvalue weighted by atomic mass is 35.5. The molecule has 1 aliphatic rings. The van der Waals surface area contributed by atoms with Crippen LogP contribution < -0.4 is 0 Å². The molecule has 4 heterocycles. The summed E-state index contributed by atoms with van der Waals surface area (Å²) < 4.78 is 40.8. The molecule has 0 radical (unpaired) electrons. The summed E-state index contributed by atoms with van der Waals surface area (Å²) in [6, 6.07) is 11.5. The van der Waals surface area contributed by atoms with E-state index in [9.17, 15) is 18.0 Å². The Hall–Kier alpha value is -2.91. The van der Waals surface area contributed by atoms with E-state index in [1.54, 1.807) is 0 Å². The van der Waals surface area contributed by atoms with Gasteiger partial charge >= 0.3 is 6.18 Å². The van der Waals surface area contributed by atoms with E-state index in [1.165, 1.54) is 21.9 Å².